The highest BCUT2D eigenvalue weighted by molar-refractivity contribution is 6.41. The fourth-order valence-corrected chi connectivity index (χ4v) is 3.95. The Morgan fingerprint density at radius 3 is 2.65 bits per heavy atom. The largest absolute Gasteiger partial charge is 0.472 e. The van der Waals surface area contributed by atoms with E-state index in [4.69, 9.17) is 10.0 Å². The number of H-pyrrole nitrogens is 1. The van der Waals surface area contributed by atoms with Crippen molar-refractivity contribution in [1.82, 2.24) is 20.5 Å². The van der Waals surface area contributed by atoms with Crippen LogP contribution in [-0.2, 0) is 24.2 Å². The summed E-state index contributed by atoms with van der Waals surface area (Å²) in [6, 6.07) is 14.6. The van der Waals surface area contributed by atoms with E-state index in [0.717, 1.165) is 28.5 Å². The maximum atomic E-state index is 13.0. The van der Waals surface area contributed by atoms with Gasteiger partial charge in [0, 0.05) is 36.6 Å². The molecule has 3 aromatic rings. The third-order valence-electron chi connectivity index (χ3n) is 5.59. The Labute approximate surface area is 180 Å². The summed E-state index contributed by atoms with van der Waals surface area (Å²) >= 11 is 0. The molecule has 2 heterocycles. The van der Waals surface area contributed by atoms with Gasteiger partial charge in [0.15, 0.2) is 0 Å². The molecule has 160 valence electrons. The van der Waals surface area contributed by atoms with Crippen LogP contribution in [0.25, 0.3) is 10.9 Å². The van der Waals surface area contributed by atoms with Crippen LogP contribution in [0.4, 0.5) is 4.79 Å². The van der Waals surface area contributed by atoms with Crippen molar-refractivity contribution < 1.29 is 19.6 Å². The summed E-state index contributed by atoms with van der Waals surface area (Å²) in [6.45, 7) is 1.05. The molecule has 2 aromatic carbocycles. The normalized spacial score (nSPS) is 14.1. The molecule has 1 aromatic heterocycles. The van der Waals surface area contributed by atoms with E-state index in [1.807, 2.05) is 48.7 Å². The molecule has 3 amide bonds. The van der Waals surface area contributed by atoms with Crippen molar-refractivity contribution in [3.63, 3.8) is 0 Å². The van der Waals surface area contributed by atoms with Crippen molar-refractivity contribution in [2.24, 2.45) is 0 Å². The Hall–Kier alpha value is -3.30. The van der Waals surface area contributed by atoms with Crippen LogP contribution in [0.3, 0.4) is 0 Å². The third kappa shape index (κ3) is 4.89. The second-order valence-corrected chi connectivity index (χ2v) is 7.73. The van der Waals surface area contributed by atoms with Crippen LogP contribution < -0.4 is 10.6 Å². The molecule has 0 fully saturated rings. The fraction of sp³-hybridized carbons (Fsp3) is 0.273. The van der Waals surface area contributed by atoms with Crippen molar-refractivity contribution in [1.29, 1.82) is 0 Å². The predicted molar refractivity (Wildman–Crippen MR) is 118 cm³/mol. The van der Waals surface area contributed by atoms with Gasteiger partial charge in [0.1, 0.15) is 6.04 Å². The molecular weight excluding hydrogens is 395 g/mol. The lowest BCUT2D eigenvalue weighted by atomic mass is 9.92. The zero-order valence-corrected chi connectivity index (χ0v) is 17.0. The number of hydrogen-bond donors (Lipinski definition) is 5. The van der Waals surface area contributed by atoms with Crippen LogP contribution in [0.1, 0.15) is 16.7 Å². The molecule has 0 radical (unpaired) electrons. The van der Waals surface area contributed by atoms with E-state index >= 15 is 0 Å². The summed E-state index contributed by atoms with van der Waals surface area (Å²) in [4.78, 5) is 30.6. The molecule has 4 rings (SSSR count). The lowest BCUT2D eigenvalue weighted by Gasteiger charge is -2.30. The zero-order chi connectivity index (χ0) is 21.8. The van der Waals surface area contributed by atoms with Crippen molar-refractivity contribution in [2.75, 3.05) is 13.0 Å². The van der Waals surface area contributed by atoms with E-state index in [-0.39, 0.29) is 18.9 Å². The summed E-state index contributed by atoms with van der Waals surface area (Å²) in [5.74, 6) is -0.468. The lowest BCUT2D eigenvalue weighted by molar-refractivity contribution is -0.122. The molecule has 5 N–H and O–H groups in total. The summed E-state index contributed by atoms with van der Waals surface area (Å²) in [5.41, 5.74) is 4.17. The Kier molecular flexibility index (Phi) is 6.24. The second kappa shape index (κ2) is 9.24. The van der Waals surface area contributed by atoms with Gasteiger partial charge in [-0.05, 0) is 29.2 Å². The number of urea groups is 1. The number of carbonyl (C=O) groups is 2. The molecule has 1 atom stereocenters. The van der Waals surface area contributed by atoms with Crippen LogP contribution in [0.5, 0.6) is 0 Å². The molecule has 9 heteroatoms. The van der Waals surface area contributed by atoms with Gasteiger partial charge in [0.2, 0.25) is 5.91 Å². The molecule has 1 unspecified atom stereocenters. The highest BCUT2D eigenvalue weighted by Crippen LogP contribution is 2.21. The maximum absolute atomic E-state index is 13.0. The van der Waals surface area contributed by atoms with Crippen molar-refractivity contribution in [3.05, 3.63) is 71.4 Å². The number of nitrogens with zero attached hydrogens (tertiary/aromatic N) is 1. The fourth-order valence-electron chi connectivity index (χ4n) is 3.95. The van der Waals surface area contributed by atoms with Crippen LogP contribution >= 0.6 is 0 Å². The Morgan fingerprint density at radius 1 is 1.10 bits per heavy atom. The molecule has 0 aliphatic carbocycles. The third-order valence-corrected chi connectivity index (χ3v) is 5.59. The first-order valence-corrected chi connectivity index (χ1v) is 10.3. The Bertz CT molecular complexity index is 1080. The number of hydrogen-bond acceptors (Lipinski definition) is 4. The van der Waals surface area contributed by atoms with Gasteiger partial charge in [-0.2, -0.15) is 0 Å². The highest BCUT2D eigenvalue weighted by Gasteiger charge is 2.27. The summed E-state index contributed by atoms with van der Waals surface area (Å²) in [6.07, 6.45) is 2.55. The van der Waals surface area contributed by atoms with Gasteiger partial charge in [-0.25, -0.2) is 4.79 Å². The standard InChI is InChI=1S/C22H25BN4O4/c28-21(25-14-23(30)31)20(11-17-12-24-19-8-4-3-7-18(17)19)26-22(29)27-10-9-15-5-1-2-6-16(15)13-27/h1-8,12,20,24,30-31H,9-11,13-14H2,(H,25,28)(H,26,29). The average Bonchev–Trinajstić information content (AvgIpc) is 3.19. The Morgan fingerprint density at radius 2 is 1.84 bits per heavy atom. The summed E-state index contributed by atoms with van der Waals surface area (Å²) in [7, 11) is -1.66. The molecule has 1 aliphatic rings. The maximum Gasteiger partial charge on any atom is 0.472 e. The van der Waals surface area contributed by atoms with Crippen molar-refractivity contribution in [2.45, 2.75) is 25.4 Å². The monoisotopic (exact) mass is 420 g/mol. The first-order chi connectivity index (χ1) is 15.0. The van der Waals surface area contributed by atoms with E-state index in [0.29, 0.717) is 13.1 Å². The van der Waals surface area contributed by atoms with E-state index in [1.54, 1.807) is 4.90 Å². The number of benzene rings is 2. The van der Waals surface area contributed by atoms with E-state index in [2.05, 4.69) is 21.7 Å². The lowest BCUT2D eigenvalue weighted by Crippen LogP contribution is -2.54. The number of amides is 3. The van der Waals surface area contributed by atoms with Crippen molar-refractivity contribution in [3.8, 4) is 0 Å². The van der Waals surface area contributed by atoms with E-state index < -0.39 is 19.1 Å². The summed E-state index contributed by atoms with van der Waals surface area (Å²) < 4.78 is 0. The quantitative estimate of drug-likeness (QED) is 0.382. The van der Waals surface area contributed by atoms with Gasteiger partial charge in [-0.1, -0.05) is 42.5 Å². The number of aromatic nitrogens is 1. The summed E-state index contributed by atoms with van der Waals surface area (Å²) in [5, 5.41) is 24.5. The number of para-hydroxylation sites is 1. The van der Waals surface area contributed by atoms with Gasteiger partial charge < -0.3 is 30.6 Å². The van der Waals surface area contributed by atoms with Crippen LogP contribution in [-0.4, -0.2) is 58.0 Å². The molecular formula is C22H25BN4O4. The minimum absolute atomic E-state index is 0.271. The smallest absolute Gasteiger partial charge is 0.426 e. The van der Waals surface area contributed by atoms with E-state index in [1.165, 1.54) is 5.56 Å². The molecule has 0 saturated heterocycles. The van der Waals surface area contributed by atoms with Crippen LogP contribution in [0, 0.1) is 0 Å². The van der Waals surface area contributed by atoms with Crippen molar-refractivity contribution >= 4 is 30.0 Å². The molecule has 31 heavy (non-hydrogen) atoms. The van der Waals surface area contributed by atoms with E-state index in [9.17, 15) is 9.59 Å². The highest BCUT2D eigenvalue weighted by atomic mass is 16.4. The molecule has 0 spiro atoms. The topological polar surface area (TPSA) is 118 Å². The van der Waals surface area contributed by atoms with Crippen LogP contribution in [0.2, 0.25) is 0 Å². The predicted octanol–water partition coefficient (Wildman–Crippen LogP) is 0.975. The second-order valence-electron chi connectivity index (χ2n) is 7.73. The SMILES string of the molecule is O=C(NCB(O)O)C(Cc1c[nH]c2ccccc12)NC(=O)N1CCc2ccccc2C1. The van der Waals surface area contributed by atoms with Gasteiger partial charge in [0.05, 0.1) is 6.44 Å². The first-order valence-electron chi connectivity index (χ1n) is 10.3. The van der Waals surface area contributed by atoms with Gasteiger partial charge in [-0.15, -0.1) is 0 Å². The number of carbonyl (C=O) groups excluding carboxylic acids is 2. The molecule has 0 saturated carbocycles. The van der Waals surface area contributed by atoms with Gasteiger partial charge in [-0.3, -0.25) is 4.79 Å². The van der Waals surface area contributed by atoms with Crippen LogP contribution in [0.15, 0.2) is 54.7 Å². The minimum Gasteiger partial charge on any atom is -0.426 e. The molecule has 8 nitrogen and oxygen atoms in total. The average molecular weight is 420 g/mol. The minimum atomic E-state index is -1.66. The van der Waals surface area contributed by atoms with Gasteiger partial charge in [0.25, 0.3) is 0 Å². The number of fused-ring (bicyclic) bond motifs is 2. The molecule has 1 aliphatic heterocycles. The Balaban J connectivity index is 1.50. The van der Waals surface area contributed by atoms with Gasteiger partial charge >= 0.3 is 13.1 Å². The number of rotatable bonds is 6. The zero-order valence-electron chi connectivity index (χ0n) is 17.0. The number of aromatic amines is 1. The first kappa shape index (κ1) is 21.0. The number of nitrogens with one attached hydrogen (secondary N) is 3. The molecule has 0 bridgehead atoms.